The number of amides is 1. The minimum atomic E-state index is -0.195. The maximum absolute atomic E-state index is 12.5. The van der Waals surface area contributed by atoms with Gasteiger partial charge in [-0.15, -0.1) is 0 Å². The number of nitrogens with one attached hydrogen (secondary N) is 2. The first kappa shape index (κ1) is 17.9. The lowest BCUT2D eigenvalue weighted by Gasteiger charge is -2.13. The summed E-state index contributed by atoms with van der Waals surface area (Å²) < 4.78 is 2.02. The molecule has 4 rings (SSSR count). The molecule has 4 aromatic rings. The Morgan fingerprint density at radius 3 is 2.93 bits per heavy atom. The van der Waals surface area contributed by atoms with Gasteiger partial charge in [-0.25, -0.2) is 4.98 Å². The van der Waals surface area contributed by atoms with Gasteiger partial charge in [0.25, 0.3) is 5.91 Å². The van der Waals surface area contributed by atoms with E-state index in [9.17, 15) is 4.79 Å². The fourth-order valence-corrected chi connectivity index (χ4v) is 3.25. The van der Waals surface area contributed by atoms with Crippen LogP contribution in [0.2, 0.25) is 0 Å². The van der Waals surface area contributed by atoms with Crippen molar-refractivity contribution in [3.05, 3.63) is 77.6 Å². The minimum absolute atomic E-state index is 0.0427. The van der Waals surface area contributed by atoms with Crippen molar-refractivity contribution in [3.63, 3.8) is 0 Å². The van der Waals surface area contributed by atoms with Crippen LogP contribution in [0.3, 0.4) is 0 Å². The summed E-state index contributed by atoms with van der Waals surface area (Å²) in [6, 6.07) is 13.6. The van der Waals surface area contributed by atoms with Crippen molar-refractivity contribution in [2.75, 3.05) is 0 Å². The number of aryl methyl sites for hydroxylation is 1. The fourth-order valence-electron chi connectivity index (χ4n) is 3.25. The van der Waals surface area contributed by atoms with Gasteiger partial charge in [-0.05, 0) is 43.7 Å². The second-order valence-electron chi connectivity index (χ2n) is 6.99. The molecule has 0 saturated heterocycles. The first-order valence-electron chi connectivity index (χ1n) is 9.25. The van der Waals surface area contributed by atoms with Gasteiger partial charge in [-0.2, -0.15) is 5.10 Å². The first-order chi connectivity index (χ1) is 13.6. The average molecular weight is 374 g/mol. The summed E-state index contributed by atoms with van der Waals surface area (Å²) in [5.41, 5.74) is 5.33. The molecule has 142 valence electrons. The van der Waals surface area contributed by atoms with E-state index in [-0.39, 0.29) is 11.9 Å². The molecule has 0 radical (unpaired) electrons. The summed E-state index contributed by atoms with van der Waals surface area (Å²) >= 11 is 0. The normalized spacial score (nSPS) is 12.2. The lowest BCUT2D eigenvalue weighted by atomic mass is 10.1. The Morgan fingerprint density at radius 2 is 2.07 bits per heavy atom. The van der Waals surface area contributed by atoms with Crippen LogP contribution in [0.1, 0.15) is 34.4 Å². The molecule has 0 aliphatic heterocycles. The quantitative estimate of drug-likeness (QED) is 0.543. The Kier molecular flexibility index (Phi) is 4.89. The van der Waals surface area contributed by atoms with Gasteiger partial charge >= 0.3 is 0 Å². The highest BCUT2D eigenvalue weighted by atomic mass is 16.2. The number of H-pyrrole nitrogens is 1. The van der Waals surface area contributed by atoms with Gasteiger partial charge in [0, 0.05) is 24.4 Å². The SMILES string of the molecule is Cc1cccnc1CC(C)NC(=O)c1cc(Cn2cnc3ccccc32)[nH]n1. The number of aromatic amines is 1. The molecule has 28 heavy (non-hydrogen) atoms. The summed E-state index contributed by atoms with van der Waals surface area (Å²) in [5.74, 6) is -0.195. The average Bonchev–Trinajstić information content (AvgIpc) is 3.32. The molecule has 0 aliphatic carbocycles. The van der Waals surface area contributed by atoms with Crippen molar-refractivity contribution in [2.45, 2.75) is 32.9 Å². The third-order valence-corrected chi connectivity index (χ3v) is 4.73. The highest BCUT2D eigenvalue weighted by Crippen LogP contribution is 2.14. The molecular formula is C21H22N6O. The van der Waals surface area contributed by atoms with Crippen LogP contribution in [0, 0.1) is 6.92 Å². The van der Waals surface area contributed by atoms with Crippen LogP contribution in [0.4, 0.5) is 0 Å². The maximum Gasteiger partial charge on any atom is 0.271 e. The summed E-state index contributed by atoms with van der Waals surface area (Å²) in [5, 5.41) is 10.1. The fraction of sp³-hybridized carbons (Fsp3) is 0.238. The molecule has 1 atom stereocenters. The largest absolute Gasteiger partial charge is 0.348 e. The van der Waals surface area contributed by atoms with Crippen molar-refractivity contribution in [1.82, 2.24) is 30.0 Å². The second-order valence-corrected chi connectivity index (χ2v) is 6.99. The Balaban J connectivity index is 1.41. The summed E-state index contributed by atoms with van der Waals surface area (Å²) in [7, 11) is 0. The lowest BCUT2D eigenvalue weighted by molar-refractivity contribution is 0.0935. The van der Waals surface area contributed by atoms with E-state index in [0.29, 0.717) is 18.7 Å². The number of hydrogen-bond donors (Lipinski definition) is 2. The topological polar surface area (TPSA) is 88.5 Å². The van der Waals surface area contributed by atoms with Crippen molar-refractivity contribution in [2.24, 2.45) is 0 Å². The lowest BCUT2D eigenvalue weighted by Crippen LogP contribution is -2.34. The zero-order valence-corrected chi connectivity index (χ0v) is 15.9. The highest BCUT2D eigenvalue weighted by molar-refractivity contribution is 5.92. The number of fused-ring (bicyclic) bond motifs is 1. The van der Waals surface area contributed by atoms with Gasteiger partial charge in [0.2, 0.25) is 0 Å². The standard InChI is InChI=1S/C21H22N6O/c1-14-6-5-9-22-18(14)10-15(2)24-21(28)19-11-16(25-26-19)12-27-13-23-17-7-3-4-8-20(17)27/h3-9,11,13,15H,10,12H2,1-2H3,(H,24,28)(H,25,26). The Morgan fingerprint density at radius 1 is 1.21 bits per heavy atom. The monoisotopic (exact) mass is 374 g/mol. The van der Waals surface area contributed by atoms with E-state index >= 15 is 0 Å². The van der Waals surface area contributed by atoms with Crippen LogP contribution in [0.15, 0.2) is 55.0 Å². The Bertz CT molecular complexity index is 1110. The van der Waals surface area contributed by atoms with Crippen LogP contribution in [-0.2, 0) is 13.0 Å². The second kappa shape index (κ2) is 7.64. The number of carbonyl (C=O) groups is 1. The van der Waals surface area contributed by atoms with Gasteiger partial charge in [0.05, 0.1) is 29.6 Å². The maximum atomic E-state index is 12.5. The summed E-state index contributed by atoms with van der Waals surface area (Å²) in [6.07, 6.45) is 4.25. The molecule has 1 unspecified atom stereocenters. The number of carbonyl (C=O) groups excluding carboxylic acids is 1. The van der Waals surface area contributed by atoms with Crippen molar-refractivity contribution >= 4 is 16.9 Å². The molecule has 0 aliphatic rings. The van der Waals surface area contributed by atoms with Crippen LogP contribution in [0.5, 0.6) is 0 Å². The number of benzene rings is 1. The van der Waals surface area contributed by atoms with Crippen LogP contribution in [-0.4, -0.2) is 36.7 Å². The van der Waals surface area contributed by atoms with E-state index in [0.717, 1.165) is 28.0 Å². The van der Waals surface area contributed by atoms with Gasteiger partial charge in [0.15, 0.2) is 0 Å². The predicted octanol–water partition coefficient (Wildman–Crippen LogP) is 2.87. The molecule has 3 heterocycles. The molecule has 1 amide bonds. The van der Waals surface area contributed by atoms with Gasteiger partial charge in [0.1, 0.15) is 5.69 Å². The van der Waals surface area contributed by atoms with E-state index < -0.39 is 0 Å². The van der Waals surface area contributed by atoms with Crippen LogP contribution < -0.4 is 5.32 Å². The van der Waals surface area contributed by atoms with Crippen LogP contribution in [0.25, 0.3) is 11.0 Å². The van der Waals surface area contributed by atoms with Gasteiger partial charge < -0.3 is 9.88 Å². The number of nitrogens with zero attached hydrogens (tertiary/aromatic N) is 4. The number of para-hydroxylation sites is 2. The number of pyridine rings is 1. The molecule has 0 bridgehead atoms. The van der Waals surface area contributed by atoms with E-state index in [4.69, 9.17) is 0 Å². The molecule has 2 N–H and O–H groups in total. The van der Waals surface area contributed by atoms with E-state index in [1.54, 1.807) is 18.6 Å². The van der Waals surface area contributed by atoms with Crippen molar-refractivity contribution < 1.29 is 4.79 Å². The Hall–Kier alpha value is -3.48. The molecule has 0 fully saturated rings. The predicted molar refractivity (Wildman–Crippen MR) is 107 cm³/mol. The summed E-state index contributed by atoms with van der Waals surface area (Å²) in [6.45, 7) is 4.57. The summed E-state index contributed by atoms with van der Waals surface area (Å²) in [4.78, 5) is 21.3. The van der Waals surface area contributed by atoms with E-state index in [1.165, 1.54) is 0 Å². The molecule has 0 saturated carbocycles. The molecule has 1 aromatic carbocycles. The zero-order chi connectivity index (χ0) is 19.5. The number of hydrogen-bond acceptors (Lipinski definition) is 4. The van der Waals surface area contributed by atoms with Crippen LogP contribution >= 0.6 is 0 Å². The molecular weight excluding hydrogens is 352 g/mol. The third-order valence-electron chi connectivity index (χ3n) is 4.73. The Labute approximate surface area is 162 Å². The number of rotatable bonds is 6. The van der Waals surface area contributed by atoms with E-state index in [2.05, 4.69) is 25.5 Å². The molecule has 0 spiro atoms. The van der Waals surface area contributed by atoms with Crippen molar-refractivity contribution in [1.29, 1.82) is 0 Å². The third kappa shape index (κ3) is 3.78. The van der Waals surface area contributed by atoms with E-state index in [1.807, 2.05) is 54.8 Å². The highest BCUT2D eigenvalue weighted by Gasteiger charge is 2.15. The van der Waals surface area contributed by atoms with Gasteiger partial charge in [-0.3, -0.25) is 14.9 Å². The first-order valence-corrected chi connectivity index (χ1v) is 9.25. The number of aromatic nitrogens is 5. The number of imidazole rings is 1. The molecule has 3 aromatic heterocycles. The zero-order valence-electron chi connectivity index (χ0n) is 15.9. The van der Waals surface area contributed by atoms with Crippen molar-refractivity contribution in [3.8, 4) is 0 Å². The van der Waals surface area contributed by atoms with Gasteiger partial charge in [-0.1, -0.05) is 18.2 Å². The smallest absolute Gasteiger partial charge is 0.271 e. The molecule has 7 heteroatoms. The minimum Gasteiger partial charge on any atom is -0.348 e. The molecule has 7 nitrogen and oxygen atoms in total.